The molecule has 6 aromatic rings. The first-order chi connectivity index (χ1) is 19.7. The summed E-state index contributed by atoms with van der Waals surface area (Å²) in [5.41, 5.74) is 9.75. The molecule has 202 valence electrons. The fourth-order valence-corrected chi connectivity index (χ4v) is 5.72. The van der Waals surface area contributed by atoms with Crippen LogP contribution >= 0.6 is 31.9 Å². The van der Waals surface area contributed by atoms with Gasteiger partial charge in [-0.2, -0.15) is 0 Å². The van der Waals surface area contributed by atoms with Crippen LogP contribution in [0.3, 0.4) is 0 Å². The minimum absolute atomic E-state index is 0.117. The Labute approximate surface area is 259 Å². The van der Waals surface area contributed by atoms with E-state index >= 15 is 0 Å². The minimum Gasteiger partial charge on any atom is -0.309 e. The van der Waals surface area contributed by atoms with Gasteiger partial charge in [-0.25, -0.2) is 0 Å². The van der Waals surface area contributed by atoms with Crippen molar-refractivity contribution in [2.45, 2.75) is 26.2 Å². The summed E-state index contributed by atoms with van der Waals surface area (Å²) in [6.07, 6.45) is 8.73. The summed E-state index contributed by atoms with van der Waals surface area (Å²) in [5, 5.41) is 2.49. The Morgan fingerprint density at radius 3 is 1.29 bits per heavy atom. The number of fused-ring (bicyclic) bond motifs is 3. The van der Waals surface area contributed by atoms with Gasteiger partial charge in [-0.1, -0.05) is 125 Å². The highest BCUT2D eigenvalue weighted by Gasteiger charge is 2.16. The number of nitrogens with zero attached hydrogens (tertiary/aromatic N) is 1. The van der Waals surface area contributed by atoms with Crippen molar-refractivity contribution in [2.24, 2.45) is 0 Å². The van der Waals surface area contributed by atoms with E-state index in [2.05, 4.69) is 191 Å². The average Bonchev–Trinajstić information content (AvgIpc) is 3.29. The number of rotatable bonds is 5. The zero-order valence-electron chi connectivity index (χ0n) is 23.4. The molecule has 0 bridgehead atoms. The molecule has 0 amide bonds. The van der Waals surface area contributed by atoms with E-state index in [9.17, 15) is 0 Å². The lowest BCUT2D eigenvalue weighted by atomic mass is 9.87. The van der Waals surface area contributed by atoms with Gasteiger partial charge in [0.1, 0.15) is 0 Å². The largest absolute Gasteiger partial charge is 0.309 e. The van der Waals surface area contributed by atoms with Crippen molar-refractivity contribution in [3.63, 3.8) is 0 Å². The summed E-state index contributed by atoms with van der Waals surface area (Å²) in [4.78, 5) is 0. The van der Waals surface area contributed by atoms with E-state index in [4.69, 9.17) is 0 Å². The second-order valence-electron chi connectivity index (χ2n) is 11.5. The van der Waals surface area contributed by atoms with E-state index in [-0.39, 0.29) is 5.41 Å². The second kappa shape index (κ2) is 11.3. The third-order valence-corrected chi connectivity index (χ3v) is 8.54. The normalized spacial score (nSPS) is 12.3. The monoisotopic (exact) mass is 659 g/mol. The third kappa shape index (κ3) is 6.02. The van der Waals surface area contributed by atoms with Crippen molar-refractivity contribution in [1.29, 1.82) is 0 Å². The first-order valence-electron chi connectivity index (χ1n) is 13.8. The molecule has 0 aliphatic rings. The molecule has 41 heavy (non-hydrogen) atoms. The van der Waals surface area contributed by atoms with Gasteiger partial charge in [-0.15, -0.1) is 0 Å². The Hall–Kier alpha value is -3.66. The quantitative estimate of drug-likeness (QED) is 0.162. The lowest BCUT2D eigenvalue weighted by molar-refractivity contribution is 0.590. The van der Waals surface area contributed by atoms with Gasteiger partial charge in [0.05, 0.1) is 11.0 Å². The van der Waals surface area contributed by atoms with Crippen LogP contribution in [0.4, 0.5) is 0 Å². The molecule has 3 heteroatoms. The maximum Gasteiger partial charge on any atom is 0.0541 e. The first kappa shape index (κ1) is 27.5. The standard InChI is InChI=1S/C38H31Br2N/c1-38(2,3)30-14-20-33(21-15-30)41-36-22-12-28(6-4-26-8-16-31(39)17-9-26)24-34(36)35-25-29(13-23-37(35)41)7-5-27-10-18-32(40)19-11-27/h4-25H,1-3H3/b6-4+,7-5+. The van der Waals surface area contributed by atoms with Crippen LogP contribution in [0.15, 0.2) is 118 Å². The number of halogens is 2. The van der Waals surface area contributed by atoms with Crippen molar-refractivity contribution >= 4 is 78.0 Å². The molecular formula is C38H31Br2N. The van der Waals surface area contributed by atoms with Crippen LogP contribution in [0.2, 0.25) is 0 Å². The number of benzene rings is 5. The van der Waals surface area contributed by atoms with E-state index in [0.717, 1.165) is 8.95 Å². The molecule has 1 aromatic heterocycles. The molecule has 1 nitrogen and oxygen atoms in total. The van der Waals surface area contributed by atoms with E-state index in [1.165, 1.54) is 55.3 Å². The van der Waals surface area contributed by atoms with Gasteiger partial charge < -0.3 is 4.57 Å². The first-order valence-corrected chi connectivity index (χ1v) is 15.4. The highest BCUT2D eigenvalue weighted by molar-refractivity contribution is 9.10. The van der Waals surface area contributed by atoms with Crippen molar-refractivity contribution in [3.8, 4) is 5.69 Å². The predicted molar refractivity (Wildman–Crippen MR) is 186 cm³/mol. The van der Waals surface area contributed by atoms with Gasteiger partial charge in [-0.3, -0.25) is 0 Å². The average molecular weight is 661 g/mol. The van der Waals surface area contributed by atoms with Crippen LogP contribution < -0.4 is 0 Å². The fraction of sp³-hybridized carbons (Fsp3) is 0.105. The molecule has 1 heterocycles. The van der Waals surface area contributed by atoms with E-state index in [1.807, 2.05) is 0 Å². The Morgan fingerprint density at radius 1 is 0.488 bits per heavy atom. The topological polar surface area (TPSA) is 4.93 Å². The van der Waals surface area contributed by atoms with Crippen molar-refractivity contribution in [2.75, 3.05) is 0 Å². The molecule has 0 saturated carbocycles. The van der Waals surface area contributed by atoms with Crippen LogP contribution in [0.1, 0.15) is 48.6 Å². The summed E-state index contributed by atoms with van der Waals surface area (Å²) < 4.78 is 4.57. The molecule has 0 aliphatic carbocycles. The van der Waals surface area contributed by atoms with Gasteiger partial charge in [-0.05, 0) is 93.9 Å². The molecule has 0 aliphatic heterocycles. The van der Waals surface area contributed by atoms with Gasteiger partial charge in [0.15, 0.2) is 0 Å². The molecule has 0 atom stereocenters. The highest BCUT2D eigenvalue weighted by Crippen LogP contribution is 2.35. The zero-order chi connectivity index (χ0) is 28.6. The Bertz CT molecular complexity index is 1790. The Morgan fingerprint density at radius 2 is 0.878 bits per heavy atom. The summed E-state index contributed by atoms with van der Waals surface area (Å²) >= 11 is 7.05. The van der Waals surface area contributed by atoms with Crippen LogP contribution in [0, 0.1) is 0 Å². The number of hydrogen-bond donors (Lipinski definition) is 0. The van der Waals surface area contributed by atoms with Gasteiger partial charge in [0, 0.05) is 25.4 Å². The van der Waals surface area contributed by atoms with Crippen molar-refractivity contribution in [3.05, 3.63) is 146 Å². The van der Waals surface area contributed by atoms with Gasteiger partial charge >= 0.3 is 0 Å². The molecule has 0 N–H and O–H groups in total. The van der Waals surface area contributed by atoms with E-state index < -0.39 is 0 Å². The maximum absolute atomic E-state index is 3.53. The van der Waals surface area contributed by atoms with Crippen LogP contribution in [-0.4, -0.2) is 4.57 Å². The zero-order valence-corrected chi connectivity index (χ0v) is 26.6. The molecular weight excluding hydrogens is 630 g/mol. The second-order valence-corrected chi connectivity index (χ2v) is 13.3. The molecule has 0 fully saturated rings. The SMILES string of the molecule is CC(C)(C)c1ccc(-n2c3ccc(/C=C/c4ccc(Br)cc4)cc3c3cc(/C=C/c4ccc(Br)cc4)ccc32)cc1. The lowest BCUT2D eigenvalue weighted by Gasteiger charge is -2.19. The Balaban J connectivity index is 1.47. The van der Waals surface area contributed by atoms with E-state index in [1.54, 1.807) is 0 Å². The highest BCUT2D eigenvalue weighted by atomic mass is 79.9. The Kier molecular flexibility index (Phi) is 7.59. The molecule has 0 saturated heterocycles. The van der Waals surface area contributed by atoms with E-state index in [0.29, 0.717) is 0 Å². The summed E-state index contributed by atoms with van der Waals surface area (Å²) in [5.74, 6) is 0. The van der Waals surface area contributed by atoms with Crippen LogP contribution in [-0.2, 0) is 5.41 Å². The van der Waals surface area contributed by atoms with Gasteiger partial charge in [0.2, 0.25) is 0 Å². The summed E-state index contributed by atoms with van der Waals surface area (Å²) in [6.45, 7) is 6.78. The molecule has 5 aromatic carbocycles. The summed E-state index contributed by atoms with van der Waals surface area (Å²) in [6, 6.07) is 39.4. The molecule has 0 unspecified atom stereocenters. The minimum atomic E-state index is 0.117. The molecule has 0 radical (unpaired) electrons. The van der Waals surface area contributed by atoms with Crippen LogP contribution in [0.25, 0.3) is 51.8 Å². The smallest absolute Gasteiger partial charge is 0.0541 e. The maximum atomic E-state index is 3.53. The van der Waals surface area contributed by atoms with Gasteiger partial charge in [0.25, 0.3) is 0 Å². The molecule has 0 spiro atoms. The third-order valence-electron chi connectivity index (χ3n) is 7.48. The molecule has 6 rings (SSSR count). The lowest BCUT2D eigenvalue weighted by Crippen LogP contribution is -2.10. The number of aromatic nitrogens is 1. The van der Waals surface area contributed by atoms with Crippen LogP contribution in [0.5, 0.6) is 0 Å². The summed E-state index contributed by atoms with van der Waals surface area (Å²) in [7, 11) is 0. The number of hydrogen-bond acceptors (Lipinski definition) is 0. The van der Waals surface area contributed by atoms with Crippen molar-refractivity contribution < 1.29 is 0 Å². The van der Waals surface area contributed by atoms with Crippen molar-refractivity contribution in [1.82, 2.24) is 4.57 Å². The predicted octanol–water partition coefficient (Wildman–Crippen LogP) is 11.9. The fourth-order valence-electron chi connectivity index (χ4n) is 5.19.